The fourth-order valence-electron chi connectivity index (χ4n) is 4.33. The SMILES string of the molecule is CCC(C)NC(=O)C(C)N(Cc1ccc(Cl)c(Cl)c1)C(=O)CN(c1ccc(F)cc1)S(=O)(=O)c1ccc2c(c1)OCCO2. The first-order chi connectivity index (χ1) is 20.4. The average Bonchev–Trinajstić information content (AvgIpc) is 3.00. The van der Waals surface area contributed by atoms with Crippen LogP contribution in [0.3, 0.4) is 0 Å². The first-order valence-electron chi connectivity index (χ1n) is 13.6. The van der Waals surface area contributed by atoms with E-state index in [4.69, 9.17) is 32.7 Å². The molecule has 3 aromatic rings. The summed E-state index contributed by atoms with van der Waals surface area (Å²) < 4.78 is 53.9. The monoisotopic (exact) mass is 651 g/mol. The summed E-state index contributed by atoms with van der Waals surface area (Å²) in [6.07, 6.45) is 0.672. The molecule has 0 spiro atoms. The molecule has 1 aliphatic rings. The second-order valence-electron chi connectivity index (χ2n) is 10.1. The second-order valence-corrected chi connectivity index (χ2v) is 12.7. The summed E-state index contributed by atoms with van der Waals surface area (Å²) in [5.41, 5.74) is 0.629. The Morgan fingerprint density at radius 2 is 1.63 bits per heavy atom. The van der Waals surface area contributed by atoms with Gasteiger partial charge < -0.3 is 19.7 Å². The minimum absolute atomic E-state index is 0.0517. The molecule has 2 unspecified atom stereocenters. The maximum absolute atomic E-state index is 14.0. The van der Waals surface area contributed by atoms with Crippen LogP contribution in [0.25, 0.3) is 0 Å². The van der Waals surface area contributed by atoms with Crippen LogP contribution < -0.4 is 19.1 Å². The van der Waals surface area contributed by atoms with Crippen molar-refractivity contribution in [3.05, 3.63) is 82.1 Å². The number of benzene rings is 3. The van der Waals surface area contributed by atoms with E-state index in [2.05, 4.69) is 5.32 Å². The summed E-state index contributed by atoms with van der Waals surface area (Å²) in [4.78, 5) is 28.3. The molecule has 3 aromatic carbocycles. The minimum Gasteiger partial charge on any atom is -0.486 e. The van der Waals surface area contributed by atoms with Crippen LogP contribution in [-0.2, 0) is 26.2 Å². The first kappa shape index (κ1) is 32.4. The Labute approximate surface area is 260 Å². The van der Waals surface area contributed by atoms with Gasteiger partial charge in [0.05, 0.1) is 20.6 Å². The number of hydrogen-bond acceptors (Lipinski definition) is 6. The Morgan fingerprint density at radius 1 is 0.953 bits per heavy atom. The molecule has 2 amide bonds. The standard InChI is InChI=1S/C30H32Cl2FN3O6S/c1-4-19(2)34-30(38)20(3)35(17-21-5-11-25(31)26(32)15-21)29(37)18-36(23-8-6-22(33)7-9-23)43(39,40)24-10-12-27-28(16-24)42-14-13-41-27/h5-12,15-16,19-20H,4,13-14,17-18H2,1-3H3,(H,34,38). The molecule has 13 heteroatoms. The molecule has 1 aliphatic heterocycles. The Kier molecular flexibility index (Phi) is 10.4. The molecule has 0 aliphatic carbocycles. The third kappa shape index (κ3) is 7.70. The zero-order valence-corrected chi connectivity index (χ0v) is 26.2. The minimum atomic E-state index is -4.39. The molecule has 43 heavy (non-hydrogen) atoms. The Morgan fingerprint density at radius 3 is 2.28 bits per heavy atom. The fourth-order valence-corrected chi connectivity index (χ4v) is 6.08. The summed E-state index contributed by atoms with van der Waals surface area (Å²) in [6.45, 7) is 5.13. The van der Waals surface area contributed by atoms with Gasteiger partial charge in [0.1, 0.15) is 31.6 Å². The number of carbonyl (C=O) groups excluding carboxylic acids is 2. The van der Waals surface area contributed by atoms with Gasteiger partial charge in [0.15, 0.2) is 11.5 Å². The third-order valence-corrected chi connectivity index (χ3v) is 9.51. The Balaban J connectivity index is 1.72. The van der Waals surface area contributed by atoms with Crippen LogP contribution in [0, 0.1) is 5.82 Å². The smallest absolute Gasteiger partial charge is 0.264 e. The van der Waals surface area contributed by atoms with E-state index in [1.807, 2.05) is 13.8 Å². The number of sulfonamides is 1. The van der Waals surface area contributed by atoms with E-state index in [0.717, 1.165) is 16.4 Å². The van der Waals surface area contributed by atoms with E-state index in [1.165, 1.54) is 35.2 Å². The van der Waals surface area contributed by atoms with Gasteiger partial charge in [-0.25, -0.2) is 12.8 Å². The molecule has 230 valence electrons. The Hall–Kier alpha value is -3.54. The van der Waals surface area contributed by atoms with Gasteiger partial charge in [0.25, 0.3) is 10.0 Å². The lowest BCUT2D eigenvalue weighted by molar-refractivity contribution is -0.139. The van der Waals surface area contributed by atoms with Crippen molar-refractivity contribution in [2.75, 3.05) is 24.1 Å². The zero-order chi connectivity index (χ0) is 31.3. The maximum atomic E-state index is 14.0. The highest BCUT2D eigenvalue weighted by atomic mass is 35.5. The van der Waals surface area contributed by atoms with Crippen molar-refractivity contribution in [1.29, 1.82) is 0 Å². The van der Waals surface area contributed by atoms with Gasteiger partial charge >= 0.3 is 0 Å². The summed E-state index contributed by atoms with van der Waals surface area (Å²) in [5, 5.41) is 3.45. The van der Waals surface area contributed by atoms with Gasteiger partial charge in [-0.2, -0.15) is 0 Å². The fraction of sp³-hybridized carbons (Fsp3) is 0.333. The summed E-state index contributed by atoms with van der Waals surface area (Å²) in [6, 6.07) is 12.5. The molecule has 1 heterocycles. The average molecular weight is 653 g/mol. The number of nitrogens with zero attached hydrogens (tertiary/aromatic N) is 2. The van der Waals surface area contributed by atoms with Crippen LogP contribution in [0.2, 0.25) is 10.0 Å². The van der Waals surface area contributed by atoms with E-state index in [9.17, 15) is 22.4 Å². The predicted molar refractivity (Wildman–Crippen MR) is 163 cm³/mol. The van der Waals surface area contributed by atoms with Crippen LogP contribution in [0.1, 0.15) is 32.8 Å². The van der Waals surface area contributed by atoms with Crippen LogP contribution in [-0.4, -0.2) is 57.0 Å². The molecular weight excluding hydrogens is 620 g/mol. The maximum Gasteiger partial charge on any atom is 0.264 e. The van der Waals surface area contributed by atoms with Crippen LogP contribution in [0.15, 0.2) is 65.6 Å². The van der Waals surface area contributed by atoms with Crippen molar-refractivity contribution in [2.45, 2.75) is 50.7 Å². The van der Waals surface area contributed by atoms with Crippen LogP contribution in [0.5, 0.6) is 11.5 Å². The van der Waals surface area contributed by atoms with Gasteiger partial charge in [-0.3, -0.25) is 13.9 Å². The van der Waals surface area contributed by atoms with Crippen LogP contribution >= 0.6 is 23.2 Å². The lowest BCUT2D eigenvalue weighted by Gasteiger charge is -2.32. The third-order valence-electron chi connectivity index (χ3n) is 7.00. The molecule has 0 bridgehead atoms. The number of ether oxygens (including phenoxy) is 2. The van der Waals surface area contributed by atoms with E-state index in [-0.39, 0.29) is 40.5 Å². The molecule has 0 saturated heterocycles. The predicted octanol–water partition coefficient (Wildman–Crippen LogP) is 5.43. The van der Waals surface area contributed by atoms with Crippen LogP contribution in [0.4, 0.5) is 10.1 Å². The molecule has 2 atom stereocenters. The van der Waals surface area contributed by atoms with Gasteiger partial charge in [-0.05, 0) is 74.4 Å². The molecule has 0 aromatic heterocycles. The van der Waals surface area contributed by atoms with Gasteiger partial charge in [-0.15, -0.1) is 0 Å². The normalized spacial score (nSPS) is 14.0. The number of anilines is 1. The van der Waals surface area contributed by atoms with Gasteiger partial charge in [-0.1, -0.05) is 36.2 Å². The second kappa shape index (κ2) is 13.8. The number of fused-ring (bicyclic) bond motifs is 1. The number of hydrogen-bond donors (Lipinski definition) is 1. The van der Waals surface area contributed by atoms with Crippen molar-refractivity contribution in [2.24, 2.45) is 0 Å². The molecule has 0 saturated carbocycles. The highest BCUT2D eigenvalue weighted by Gasteiger charge is 2.33. The number of amides is 2. The molecule has 9 nitrogen and oxygen atoms in total. The summed E-state index contributed by atoms with van der Waals surface area (Å²) in [5.74, 6) is -1.03. The number of carbonyl (C=O) groups is 2. The van der Waals surface area contributed by atoms with Crippen molar-refractivity contribution < 1.29 is 31.9 Å². The number of halogens is 3. The van der Waals surface area contributed by atoms with Crippen molar-refractivity contribution >= 4 is 50.7 Å². The quantitative estimate of drug-likeness (QED) is 0.296. The first-order valence-corrected chi connectivity index (χ1v) is 15.8. The molecule has 0 radical (unpaired) electrons. The Bertz CT molecular complexity index is 1590. The number of nitrogens with one attached hydrogen (secondary N) is 1. The van der Waals surface area contributed by atoms with E-state index >= 15 is 0 Å². The molecule has 0 fully saturated rings. The van der Waals surface area contributed by atoms with Crippen molar-refractivity contribution in [3.8, 4) is 11.5 Å². The number of rotatable bonds is 11. The molecular formula is C30H32Cl2FN3O6S. The zero-order valence-electron chi connectivity index (χ0n) is 23.8. The topological polar surface area (TPSA) is 105 Å². The van der Waals surface area contributed by atoms with E-state index in [0.29, 0.717) is 29.4 Å². The molecule has 4 rings (SSSR count). The molecule has 1 N–H and O–H groups in total. The largest absolute Gasteiger partial charge is 0.486 e. The highest BCUT2D eigenvalue weighted by Crippen LogP contribution is 2.34. The lowest BCUT2D eigenvalue weighted by Crippen LogP contribution is -2.52. The van der Waals surface area contributed by atoms with Crippen molar-refractivity contribution in [1.82, 2.24) is 10.2 Å². The summed E-state index contributed by atoms with van der Waals surface area (Å²) in [7, 11) is -4.39. The highest BCUT2D eigenvalue weighted by molar-refractivity contribution is 7.92. The lowest BCUT2D eigenvalue weighted by atomic mass is 10.1. The van der Waals surface area contributed by atoms with E-state index < -0.39 is 40.2 Å². The van der Waals surface area contributed by atoms with E-state index in [1.54, 1.807) is 25.1 Å². The van der Waals surface area contributed by atoms with Gasteiger partial charge in [0.2, 0.25) is 11.8 Å². The van der Waals surface area contributed by atoms with Crippen molar-refractivity contribution in [3.63, 3.8) is 0 Å². The van der Waals surface area contributed by atoms with Gasteiger partial charge in [0, 0.05) is 18.7 Å². The summed E-state index contributed by atoms with van der Waals surface area (Å²) >= 11 is 12.3.